The average molecular weight is 418 g/mol. The Labute approximate surface area is 182 Å². The zero-order chi connectivity index (χ0) is 21.8. The Morgan fingerprint density at radius 3 is 2.52 bits per heavy atom. The van der Waals surface area contributed by atoms with Crippen LogP contribution in [0.3, 0.4) is 0 Å². The van der Waals surface area contributed by atoms with Gasteiger partial charge in [-0.1, -0.05) is 25.0 Å². The van der Waals surface area contributed by atoms with Crippen LogP contribution in [0.1, 0.15) is 51.1 Å². The number of hydrogen-bond donors (Lipinski definition) is 1. The van der Waals surface area contributed by atoms with Crippen molar-refractivity contribution >= 4 is 22.7 Å². The number of anilines is 1. The summed E-state index contributed by atoms with van der Waals surface area (Å²) in [6.45, 7) is 4.66. The van der Waals surface area contributed by atoms with Crippen molar-refractivity contribution in [1.29, 1.82) is 5.26 Å². The van der Waals surface area contributed by atoms with Crippen LogP contribution in [0, 0.1) is 11.3 Å². The molecule has 160 valence electrons. The van der Waals surface area contributed by atoms with Gasteiger partial charge in [-0.15, -0.1) is 0 Å². The van der Waals surface area contributed by atoms with E-state index in [-0.39, 0.29) is 0 Å². The molecule has 0 unspecified atom stereocenters. The van der Waals surface area contributed by atoms with E-state index in [0.29, 0.717) is 30.5 Å². The molecule has 31 heavy (non-hydrogen) atoms. The predicted octanol–water partition coefficient (Wildman–Crippen LogP) is 6.26. The third-order valence-corrected chi connectivity index (χ3v) is 5.77. The number of ether oxygens (including phenoxy) is 2. The van der Waals surface area contributed by atoms with E-state index in [1.54, 1.807) is 6.92 Å². The van der Waals surface area contributed by atoms with Gasteiger partial charge >= 0.3 is 6.09 Å². The summed E-state index contributed by atoms with van der Waals surface area (Å²) in [7, 11) is 0. The lowest BCUT2D eigenvalue weighted by atomic mass is 10.1. The van der Waals surface area contributed by atoms with Crippen molar-refractivity contribution in [2.45, 2.75) is 45.6 Å². The summed E-state index contributed by atoms with van der Waals surface area (Å²) in [5.74, 6) is 0.816. The van der Waals surface area contributed by atoms with Crippen LogP contribution in [0.5, 0.6) is 5.75 Å². The average Bonchev–Trinajstić information content (AvgIpc) is 3.40. The molecule has 1 saturated carbocycles. The molecule has 0 radical (unpaired) electrons. The van der Waals surface area contributed by atoms with E-state index in [2.05, 4.69) is 22.0 Å². The van der Waals surface area contributed by atoms with Crippen LogP contribution in [0.2, 0.25) is 0 Å². The number of rotatable bonds is 6. The van der Waals surface area contributed by atoms with Crippen LogP contribution < -0.4 is 10.1 Å². The van der Waals surface area contributed by atoms with Gasteiger partial charge < -0.3 is 14.0 Å². The summed E-state index contributed by atoms with van der Waals surface area (Å²) in [5, 5.41) is 13.7. The van der Waals surface area contributed by atoms with Crippen LogP contribution in [-0.2, 0) is 4.74 Å². The fourth-order valence-electron chi connectivity index (χ4n) is 4.48. The molecule has 0 atom stereocenters. The second-order valence-electron chi connectivity index (χ2n) is 7.68. The first-order chi connectivity index (χ1) is 15.2. The molecule has 1 heterocycles. The summed E-state index contributed by atoms with van der Waals surface area (Å²) in [6, 6.07) is 16.4. The van der Waals surface area contributed by atoms with Crippen LogP contribution >= 0.6 is 0 Å². The van der Waals surface area contributed by atoms with E-state index in [9.17, 15) is 10.1 Å². The highest BCUT2D eigenvalue weighted by molar-refractivity contribution is 5.96. The molecule has 0 spiro atoms. The van der Waals surface area contributed by atoms with E-state index in [4.69, 9.17) is 9.47 Å². The SMILES string of the molecule is CCOC(=O)Nc1ccc(-c2c(C#N)c3ccc(OCC)cc3n2C2CCCC2)cc1. The summed E-state index contributed by atoms with van der Waals surface area (Å²) >= 11 is 0. The summed E-state index contributed by atoms with van der Waals surface area (Å²) in [5.41, 5.74) is 4.25. The molecular formula is C25H27N3O3. The molecule has 1 aromatic heterocycles. The van der Waals surface area contributed by atoms with Crippen molar-refractivity contribution in [3.05, 3.63) is 48.0 Å². The fourth-order valence-corrected chi connectivity index (χ4v) is 4.48. The van der Waals surface area contributed by atoms with Crippen LogP contribution in [0.15, 0.2) is 42.5 Å². The fraction of sp³-hybridized carbons (Fsp3) is 0.360. The summed E-state index contributed by atoms with van der Waals surface area (Å²) in [6.07, 6.45) is 4.11. The van der Waals surface area contributed by atoms with Gasteiger partial charge in [-0.2, -0.15) is 5.26 Å². The minimum absolute atomic E-state index is 0.320. The number of nitriles is 1. The molecule has 3 aromatic rings. The first-order valence-corrected chi connectivity index (χ1v) is 10.9. The van der Waals surface area contributed by atoms with E-state index in [0.717, 1.165) is 40.8 Å². The Bertz CT molecular complexity index is 1120. The predicted molar refractivity (Wildman–Crippen MR) is 121 cm³/mol. The lowest BCUT2D eigenvalue weighted by Gasteiger charge is -2.19. The first-order valence-electron chi connectivity index (χ1n) is 10.9. The van der Waals surface area contributed by atoms with Crippen molar-refractivity contribution < 1.29 is 14.3 Å². The minimum atomic E-state index is -0.475. The lowest BCUT2D eigenvalue weighted by Crippen LogP contribution is -2.13. The monoisotopic (exact) mass is 417 g/mol. The first kappa shape index (κ1) is 20.8. The van der Waals surface area contributed by atoms with Gasteiger partial charge in [-0.3, -0.25) is 5.32 Å². The standard InChI is InChI=1S/C25H27N3O3/c1-3-30-20-13-14-21-22(16-26)24(28(23(21)15-20)19-7-5-6-8-19)17-9-11-18(12-10-17)27-25(29)31-4-2/h9-15,19H,3-8H2,1-2H3,(H,27,29). The molecule has 6 nitrogen and oxygen atoms in total. The molecule has 0 saturated heterocycles. The van der Waals surface area contributed by atoms with Gasteiger partial charge in [-0.25, -0.2) is 4.79 Å². The second kappa shape index (κ2) is 9.13. The molecule has 4 rings (SSSR count). The topological polar surface area (TPSA) is 76.3 Å². The van der Waals surface area contributed by atoms with E-state index < -0.39 is 6.09 Å². The summed E-state index contributed by atoms with van der Waals surface area (Å²) < 4.78 is 13.0. The number of nitrogens with zero attached hydrogens (tertiary/aromatic N) is 2. The maximum absolute atomic E-state index is 11.7. The Balaban J connectivity index is 1.83. The number of fused-ring (bicyclic) bond motifs is 1. The van der Waals surface area contributed by atoms with Crippen molar-refractivity contribution in [3.8, 4) is 23.1 Å². The Kier molecular flexibility index (Phi) is 6.13. The van der Waals surface area contributed by atoms with Crippen molar-refractivity contribution in [3.63, 3.8) is 0 Å². The van der Waals surface area contributed by atoms with Crippen LogP contribution in [-0.4, -0.2) is 23.9 Å². The molecule has 1 aliphatic carbocycles. The number of hydrogen-bond acceptors (Lipinski definition) is 4. The van der Waals surface area contributed by atoms with Crippen LogP contribution in [0.25, 0.3) is 22.2 Å². The smallest absolute Gasteiger partial charge is 0.411 e. The molecule has 0 aliphatic heterocycles. The van der Waals surface area contributed by atoms with Crippen molar-refractivity contribution in [2.75, 3.05) is 18.5 Å². The van der Waals surface area contributed by atoms with Gasteiger partial charge in [0.05, 0.1) is 30.0 Å². The number of carbonyl (C=O) groups excluding carboxylic acids is 1. The highest BCUT2D eigenvalue weighted by Gasteiger charge is 2.26. The van der Waals surface area contributed by atoms with Crippen LogP contribution in [0.4, 0.5) is 10.5 Å². The van der Waals surface area contributed by atoms with Gasteiger partial charge in [0.1, 0.15) is 11.8 Å². The zero-order valence-corrected chi connectivity index (χ0v) is 18.0. The van der Waals surface area contributed by atoms with Crippen molar-refractivity contribution in [2.24, 2.45) is 0 Å². The number of benzene rings is 2. The summed E-state index contributed by atoms with van der Waals surface area (Å²) in [4.78, 5) is 11.7. The third-order valence-electron chi connectivity index (χ3n) is 5.77. The molecule has 1 amide bonds. The number of aromatic nitrogens is 1. The number of nitrogens with one attached hydrogen (secondary N) is 1. The minimum Gasteiger partial charge on any atom is -0.494 e. The molecule has 2 aromatic carbocycles. The van der Waals surface area contributed by atoms with E-state index in [1.807, 2.05) is 43.3 Å². The van der Waals surface area contributed by atoms with Gasteiger partial charge in [-0.05, 0) is 56.5 Å². The Hall–Kier alpha value is -3.46. The highest BCUT2D eigenvalue weighted by atomic mass is 16.5. The number of amides is 1. The molecule has 6 heteroatoms. The van der Waals surface area contributed by atoms with E-state index >= 15 is 0 Å². The highest BCUT2D eigenvalue weighted by Crippen LogP contribution is 2.42. The maximum atomic E-state index is 11.7. The van der Waals surface area contributed by atoms with Crippen molar-refractivity contribution in [1.82, 2.24) is 4.57 Å². The molecule has 1 fully saturated rings. The van der Waals surface area contributed by atoms with E-state index in [1.165, 1.54) is 12.8 Å². The molecular weight excluding hydrogens is 390 g/mol. The molecule has 1 N–H and O–H groups in total. The van der Waals surface area contributed by atoms with Gasteiger partial charge in [0.25, 0.3) is 0 Å². The Morgan fingerprint density at radius 2 is 1.87 bits per heavy atom. The van der Waals surface area contributed by atoms with Gasteiger partial charge in [0.2, 0.25) is 0 Å². The largest absolute Gasteiger partial charge is 0.494 e. The maximum Gasteiger partial charge on any atom is 0.411 e. The quantitative estimate of drug-likeness (QED) is 0.513. The van der Waals surface area contributed by atoms with Gasteiger partial charge in [0, 0.05) is 23.2 Å². The normalized spacial score (nSPS) is 13.8. The Morgan fingerprint density at radius 1 is 1.13 bits per heavy atom. The van der Waals surface area contributed by atoms with Gasteiger partial charge in [0.15, 0.2) is 0 Å². The number of carbonyl (C=O) groups is 1. The lowest BCUT2D eigenvalue weighted by molar-refractivity contribution is 0.168. The molecule has 0 bridgehead atoms. The zero-order valence-electron chi connectivity index (χ0n) is 18.0. The molecule has 1 aliphatic rings. The second-order valence-corrected chi connectivity index (χ2v) is 7.68. The third kappa shape index (κ3) is 4.09.